The minimum atomic E-state index is 0.712. The fraction of sp³-hybridized carbons (Fsp3) is 0. The molecule has 0 bridgehead atoms. The van der Waals surface area contributed by atoms with Crippen LogP contribution in [0.2, 0.25) is 0 Å². The third-order valence-corrected chi connectivity index (χ3v) is 6.25. The van der Waals surface area contributed by atoms with Gasteiger partial charge in [0, 0.05) is 29.1 Å². The lowest BCUT2D eigenvalue weighted by Crippen LogP contribution is -1.94. The van der Waals surface area contributed by atoms with Crippen molar-refractivity contribution < 1.29 is 0 Å². The maximum absolute atomic E-state index is 6.24. The Morgan fingerprint density at radius 3 is 1.61 bits per heavy atom. The fourth-order valence-corrected chi connectivity index (χ4v) is 4.47. The summed E-state index contributed by atoms with van der Waals surface area (Å²) in [6.45, 7) is 0. The average Bonchev–Trinajstić information content (AvgIpc) is 2.54. The summed E-state index contributed by atoms with van der Waals surface area (Å²) in [6.07, 6.45) is 0. The van der Waals surface area contributed by atoms with Crippen molar-refractivity contribution in [2.24, 2.45) is 0 Å². The predicted molar refractivity (Wildman–Crippen MR) is 113 cm³/mol. The second kappa shape index (κ2) is 7.09. The third kappa shape index (κ3) is 3.58. The van der Waals surface area contributed by atoms with Gasteiger partial charge in [0.25, 0.3) is 0 Å². The lowest BCUT2D eigenvalue weighted by molar-refractivity contribution is 1.51. The van der Waals surface area contributed by atoms with Crippen molar-refractivity contribution in [1.29, 1.82) is 0 Å². The Labute approximate surface area is 168 Å². The molecule has 2 N–H and O–H groups in total. The normalized spacial score (nSPS) is 10.8. The molecule has 3 rings (SSSR count). The van der Waals surface area contributed by atoms with Crippen molar-refractivity contribution in [2.45, 2.75) is 0 Å². The van der Waals surface area contributed by atoms with Gasteiger partial charge >= 0.3 is 0 Å². The van der Waals surface area contributed by atoms with Gasteiger partial charge in [-0.05, 0) is 78.9 Å². The first-order valence-electron chi connectivity index (χ1n) is 6.76. The van der Waals surface area contributed by atoms with Crippen LogP contribution in [0.3, 0.4) is 0 Å². The van der Waals surface area contributed by atoms with E-state index in [-0.39, 0.29) is 0 Å². The molecule has 0 unspecified atom stereocenters. The molecule has 0 radical (unpaired) electrons. The zero-order valence-corrected chi connectivity index (χ0v) is 18.1. The van der Waals surface area contributed by atoms with Gasteiger partial charge in [-0.1, -0.05) is 56.1 Å². The zero-order chi connectivity index (χ0) is 16.6. The molecule has 0 heterocycles. The molecule has 3 aromatic carbocycles. The molecule has 0 spiro atoms. The zero-order valence-electron chi connectivity index (χ0n) is 11.8. The minimum Gasteiger partial charge on any atom is -0.398 e. The van der Waals surface area contributed by atoms with Gasteiger partial charge in [-0.3, -0.25) is 0 Å². The van der Waals surface area contributed by atoms with Gasteiger partial charge in [-0.25, -0.2) is 0 Å². The van der Waals surface area contributed by atoms with E-state index in [1.54, 1.807) is 0 Å². The summed E-state index contributed by atoms with van der Waals surface area (Å²) in [5.74, 6) is 0. The van der Waals surface area contributed by atoms with Crippen LogP contribution in [0.15, 0.2) is 72.5 Å². The first-order chi connectivity index (χ1) is 11.0. The van der Waals surface area contributed by atoms with Crippen molar-refractivity contribution >= 4 is 69.4 Å². The van der Waals surface area contributed by atoms with Crippen LogP contribution in [0.5, 0.6) is 0 Å². The highest BCUT2D eigenvalue weighted by atomic mass is 79.9. The van der Waals surface area contributed by atoms with Crippen molar-refractivity contribution in [3.63, 3.8) is 0 Å². The summed E-state index contributed by atoms with van der Waals surface area (Å²) in [5.41, 5.74) is 11.3. The molecule has 0 saturated carbocycles. The van der Waals surface area contributed by atoms with Crippen LogP contribution in [0.1, 0.15) is 0 Å². The summed E-state index contributed by atoms with van der Waals surface area (Å²) < 4.78 is 4.01. The van der Waals surface area contributed by atoms with Crippen molar-refractivity contribution in [2.75, 3.05) is 5.73 Å². The van der Waals surface area contributed by atoms with E-state index in [0.29, 0.717) is 5.69 Å². The lowest BCUT2D eigenvalue weighted by Gasteiger charge is -2.15. The van der Waals surface area contributed by atoms with Crippen LogP contribution >= 0.6 is 63.7 Å². The van der Waals surface area contributed by atoms with Crippen molar-refractivity contribution in [1.82, 2.24) is 0 Å². The van der Waals surface area contributed by atoms with Crippen LogP contribution in [-0.2, 0) is 0 Å². The number of anilines is 1. The topological polar surface area (TPSA) is 26.0 Å². The summed E-state index contributed by atoms with van der Waals surface area (Å²) in [5, 5.41) is 0. The Kier molecular flexibility index (Phi) is 5.31. The molecule has 1 nitrogen and oxygen atoms in total. The van der Waals surface area contributed by atoms with Gasteiger partial charge < -0.3 is 5.73 Å². The Hall–Kier alpha value is -0.620. The van der Waals surface area contributed by atoms with Crippen LogP contribution in [0.25, 0.3) is 22.3 Å². The predicted octanol–water partition coefficient (Wildman–Crippen LogP) is 7.65. The van der Waals surface area contributed by atoms with Crippen molar-refractivity contribution in [3.05, 3.63) is 72.5 Å². The van der Waals surface area contributed by atoms with Crippen LogP contribution in [0, 0.1) is 0 Å². The van der Waals surface area contributed by atoms with E-state index in [4.69, 9.17) is 5.73 Å². The van der Waals surface area contributed by atoms with Gasteiger partial charge in [0.2, 0.25) is 0 Å². The number of hydrogen-bond acceptors (Lipinski definition) is 1. The van der Waals surface area contributed by atoms with Gasteiger partial charge in [0.15, 0.2) is 0 Å². The van der Waals surface area contributed by atoms with Gasteiger partial charge in [-0.2, -0.15) is 0 Å². The summed E-state index contributed by atoms with van der Waals surface area (Å²) >= 11 is 14.3. The SMILES string of the molecule is Nc1cc(-c2ccc(Br)cc2)c(Br)c(-c2ccc(Br)cc2)c1Br. The van der Waals surface area contributed by atoms with Crippen molar-refractivity contribution in [3.8, 4) is 22.3 Å². The molecule has 0 aliphatic carbocycles. The van der Waals surface area contributed by atoms with E-state index in [9.17, 15) is 0 Å². The molecule has 0 amide bonds. The molecular weight excluding hydrogens is 550 g/mol. The largest absolute Gasteiger partial charge is 0.398 e. The smallest absolute Gasteiger partial charge is 0.0495 e. The van der Waals surface area contributed by atoms with Crippen LogP contribution in [-0.4, -0.2) is 0 Å². The first-order valence-corrected chi connectivity index (χ1v) is 9.94. The molecule has 0 aromatic heterocycles. The molecule has 116 valence electrons. The van der Waals surface area contributed by atoms with E-state index in [1.807, 2.05) is 30.3 Å². The number of hydrogen-bond donors (Lipinski definition) is 1. The monoisotopic (exact) mass is 557 g/mol. The second-order valence-corrected chi connectivity index (χ2v) is 8.45. The van der Waals surface area contributed by atoms with Gasteiger partial charge in [0.05, 0.1) is 0 Å². The molecule has 0 saturated heterocycles. The molecule has 0 aliphatic rings. The maximum atomic E-state index is 6.24. The Balaban J connectivity index is 2.24. The molecule has 0 fully saturated rings. The van der Waals surface area contributed by atoms with E-state index in [1.165, 1.54) is 0 Å². The number of benzene rings is 3. The first kappa shape index (κ1) is 17.2. The third-order valence-electron chi connectivity index (χ3n) is 3.52. The molecular formula is C18H11Br4N. The number of nitrogens with two attached hydrogens (primary N) is 1. The molecule has 0 aliphatic heterocycles. The molecule has 23 heavy (non-hydrogen) atoms. The van der Waals surface area contributed by atoms with E-state index in [0.717, 1.165) is 40.1 Å². The molecule has 5 heteroatoms. The van der Waals surface area contributed by atoms with Gasteiger partial charge in [-0.15, -0.1) is 0 Å². The number of halogens is 4. The molecule has 3 aromatic rings. The lowest BCUT2D eigenvalue weighted by atomic mass is 9.98. The average molecular weight is 561 g/mol. The quantitative estimate of drug-likeness (QED) is 0.320. The van der Waals surface area contributed by atoms with E-state index < -0.39 is 0 Å². The summed E-state index contributed by atoms with van der Waals surface area (Å²) in [7, 11) is 0. The number of rotatable bonds is 2. The number of nitrogen functional groups attached to an aromatic ring is 1. The Morgan fingerprint density at radius 2 is 1.09 bits per heavy atom. The van der Waals surface area contributed by atoms with E-state index in [2.05, 4.69) is 88.0 Å². The molecule has 0 atom stereocenters. The Morgan fingerprint density at radius 1 is 0.609 bits per heavy atom. The van der Waals surface area contributed by atoms with Gasteiger partial charge in [0.1, 0.15) is 0 Å². The van der Waals surface area contributed by atoms with E-state index >= 15 is 0 Å². The minimum absolute atomic E-state index is 0.712. The maximum Gasteiger partial charge on any atom is 0.0495 e. The highest BCUT2D eigenvalue weighted by Crippen LogP contribution is 2.44. The van der Waals surface area contributed by atoms with Crippen LogP contribution < -0.4 is 5.73 Å². The summed E-state index contributed by atoms with van der Waals surface area (Å²) in [4.78, 5) is 0. The second-order valence-electron chi connectivity index (χ2n) is 5.03. The Bertz CT molecular complexity index is 856. The van der Waals surface area contributed by atoms with Crippen LogP contribution in [0.4, 0.5) is 5.69 Å². The highest BCUT2D eigenvalue weighted by molar-refractivity contribution is 9.11. The summed E-state index contributed by atoms with van der Waals surface area (Å²) in [6, 6.07) is 18.4. The highest BCUT2D eigenvalue weighted by Gasteiger charge is 2.16. The fourth-order valence-electron chi connectivity index (χ4n) is 2.37. The standard InChI is InChI=1S/C18H11Br4N/c19-12-5-1-10(2-6-12)14-9-15(23)18(22)16(17(14)21)11-3-7-13(20)8-4-11/h1-9H,23H2.